The summed E-state index contributed by atoms with van der Waals surface area (Å²) in [5, 5.41) is 8.67. The number of aliphatic hydroxyl groups excluding tert-OH is 1. The standard InChI is InChI=1S/C11H16O4S/c1-3-15-11-5-4-10(8-9(11)2)16(13,14)7-6-12/h4-5,8,12H,3,6-7H2,1-2H3. The van der Waals surface area contributed by atoms with Gasteiger partial charge in [-0.1, -0.05) is 0 Å². The van der Waals surface area contributed by atoms with Crippen LogP contribution in [-0.4, -0.2) is 32.5 Å². The Hall–Kier alpha value is -1.07. The summed E-state index contributed by atoms with van der Waals surface area (Å²) in [6.45, 7) is 3.84. The number of aryl methyl sites for hydroxylation is 1. The highest BCUT2D eigenvalue weighted by molar-refractivity contribution is 7.91. The van der Waals surface area contributed by atoms with Crippen LogP contribution >= 0.6 is 0 Å². The summed E-state index contributed by atoms with van der Waals surface area (Å²) >= 11 is 0. The quantitative estimate of drug-likeness (QED) is 0.844. The lowest BCUT2D eigenvalue weighted by molar-refractivity contribution is 0.319. The lowest BCUT2D eigenvalue weighted by Crippen LogP contribution is -2.10. The smallest absolute Gasteiger partial charge is 0.180 e. The van der Waals surface area contributed by atoms with Crippen molar-refractivity contribution in [2.24, 2.45) is 0 Å². The third kappa shape index (κ3) is 2.96. The van der Waals surface area contributed by atoms with Gasteiger partial charge in [-0.25, -0.2) is 8.42 Å². The third-order valence-corrected chi connectivity index (χ3v) is 3.86. The highest BCUT2D eigenvalue weighted by Crippen LogP contribution is 2.22. The van der Waals surface area contributed by atoms with Gasteiger partial charge in [-0.05, 0) is 37.6 Å². The predicted octanol–water partition coefficient (Wildman–Crippen LogP) is 1.16. The number of sulfone groups is 1. The Labute approximate surface area is 95.8 Å². The Morgan fingerprint density at radius 3 is 2.56 bits per heavy atom. The van der Waals surface area contributed by atoms with Crippen LogP contribution in [0.25, 0.3) is 0 Å². The zero-order chi connectivity index (χ0) is 12.2. The molecule has 0 radical (unpaired) electrons. The SMILES string of the molecule is CCOc1ccc(S(=O)(=O)CCO)cc1C. The molecule has 0 heterocycles. The van der Waals surface area contributed by atoms with Crippen molar-refractivity contribution in [3.63, 3.8) is 0 Å². The molecule has 0 fully saturated rings. The van der Waals surface area contributed by atoms with E-state index in [0.29, 0.717) is 12.4 Å². The van der Waals surface area contributed by atoms with E-state index in [1.807, 2.05) is 6.92 Å². The highest BCUT2D eigenvalue weighted by atomic mass is 32.2. The van der Waals surface area contributed by atoms with E-state index in [0.717, 1.165) is 5.56 Å². The maximum Gasteiger partial charge on any atom is 0.180 e. The minimum absolute atomic E-state index is 0.225. The molecule has 0 aliphatic carbocycles. The molecule has 0 bridgehead atoms. The topological polar surface area (TPSA) is 63.6 Å². The van der Waals surface area contributed by atoms with Gasteiger partial charge in [0.25, 0.3) is 0 Å². The molecule has 1 aromatic carbocycles. The van der Waals surface area contributed by atoms with Crippen LogP contribution in [0.4, 0.5) is 0 Å². The number of rotatable bonds is 5. The zero-order valence-corrected chi connectivity index (χ0v) is 10.3. The Balaban J connectivity index is 3.06. The predicted molar refractivity (Wildman–Crippen MR) is 61.5 cm³/mol. The first kappa shape index (κ1) is 13.0. The van der Waals surface area contributed by atoms with Crippen molar-refractivity contribution in [1.29, 1.82) is 0 Å². The molecule has 0 aliphatic heterocycles. The van der Waals surface area contributed by atoms with Gasteiger partial charge in [-0.2, -0.15) is 0 Å². The fourth-order valence-electron chi connectivity index (χ4n) is 1.37. The first-order chi connectivity index (χ1) is 7.51. The van der Waals surface area contributed by atoms with E-state index in [4.69, 9.17) is 9.84 Å². The molecular weight excluding hydrogens is 228 g/mol. The fourth-order valence-corrected chi connectivity index (χ4v) is 2.48. The van der Waals surface area contributed by atoms with E-state index in [2.05, 4.69) is 0 Å². The highest BCUT2D eigenvalue weighted by Gasteiger charge is 2.14. The molecule has 4 nitrogen and oxygen atoms in total. The van der Waals surface area contributed by atoms with Crippen molar-refractivity contribution in [2.45, 2.75) is 18.7 Å². The number of benzene rings is 1. The summed E-state index contributed by atoms with van der Waals surface area (Å²) in [4.78, 5) is 0.225. The average Bonchev–Trinajstić information content (AvgIpc) is 2.21. The van der Waals surface area contributed by atoms with Crippen molar-refractivity contribution >= 4 is 9.84 Å². The van der Waals surface area contributed by atoms with E-state index in [1.165, 1.54) is 6.07 Å². The van der Waals surface area contributed by atoms with Crippen LogP contribution < -0.4 is 4.74 Å². The van der Waals surface area contributed by atoms with Crippen molar-refractivity contribution < 1.29 is 18.3 Å². The number of ether oxygens (including phenoxy) is 1. The maximum atomic E-state index is 11.7. The Morgan fingerprint density at radius 1 is 1.38 bits per heavy atom. The molecule has 16 heavy (non-hydrogen) atoms. The lowest BCUT2D eigenvalue weighted by atomic mass is 10.2. The molecule has 90 valence electrons. The molecule has 0 aliphatic rings. The average molecular weight is 244 g/mol. The number of hydrogen-bond acceptors (Lipinski definition) is 4. The summed E-state index contributed by atoms with van der Waals surface area (Å²) in [5.74, 6) is 0.436. The van der Waals surface area contributed by atoms with Gasteiger partial charge in [0.15, 0.2) is 9.84 Å². The van der Waals surface area contributed by atoms with E-state index < -0.39 is 9.84 Å². The van der Waals surface area contributed by atoms with Gasteiger partial charge in [0, 0.05) is 0 Å². The molecule has 1 rings (SSSR count). The molecule has 0 saturated carbocycles. The first-order valence-corrected chi connectivity index (χ1v) is 6.73. The van der Waals surface area contributed by atoms with E-state index in [1.54, 1.807) is 19.1 Å². The lowest BCUT2D eigenvalue weighted by Gasteiger charge is -2.09. The van der Waals surface area contributed by atoms with Gasteiger partial charge < -0.3 is 9.84 Å². The van der Waals surface area contributed by atoms with Crippen LogP contribution in [0, 0.1) is 6.92 Å². The molecule has 0 saturated heterocycles. The van der Waals surface area contributed by atoms with E-state index in [9.17, 15) is 8.42 Å². The molecular formula is C11H16O4S. The van der Waals surface area contributed by atoms with Crippen molar-refractivity contribution in [3.8, 4) is 5.75 Å². The monoisotopic (exact) mass is 244 g/mol. The minimum atomic E-state index is -3.37. The second-order valence-electron chi connectivity index (χ2n) is 3.40. The Kier molecular flexibility index (Phi) is 4.32. The maximum absolute atomic E-state index is 11.7. The summed E-state index contributed by atoms with van der Waals surface area (Å²) in [5.41, 5.74) is 0.779. The summed E-state index contributed by atoms with van der Waals surface area (Å²) in [6, 6.07) is 4.71. The van der Waals surface area contributed by atoms with Crippen molar-refractivity contribution in [2.75, 3.05) is 19.0 Å². The molecule has 0 atom stereocenters. The molecule has 1 N–H and O–H groups in total. The zero-order valence-electron chi connectivity index (χ0n) is 9.43. The molecule has 0 unspecified atom stereocenters. The van der Waals surface area contributed by atoms with E-state index in [-0.39, 0.29) is 17.3 Å². The third-order valence-electron chi connectivity index (χ3n) is 2.17. The minimum Gasteiger partial charge on any atom is -0.494 e. The van der Waals surface area contributed by atoms with E-state index >= 15 is 0 Å². The number of hydrogen-bond donors (Lipinski definition) is 1. The van der Waals surface area contributed by atoms with Gasteiger partial charge in [0.05, 0.1) is 23.9 Å². The first-order valence-electron chi connectivity index (χ1n) is 5.08. The summed E-state index contributed by atoms with van der Waals surface area (Å²) < 4.78 is 28.6. The summed E-state index contributed by atoms with van der Waals surface area (Å²) in [7, 11) is -3.37. The van der Waals surface area contributed by atoms with Crippen LogP contribution in [0.1, 0.15) is 12.5 Å². The Bertz CT molecular complexity index is 451. The molecule has 0 aromatic heterocycles. The van der Waals surface area contributed by atoms with Gasteiger partial charge in [0.1, 0.15) is 5.75 Å². The van der Waals surface area contributed by atoms with Crippen LogP contribution in [0.15, 0.2) is 23.1 Å². The summed E-state index contributed by atoms with van der Waals surface area (Å²) in [6.07, 6.45) is 0. The van der Waals surface area contributed by atoms with Crippen LogP contribution in [0.5, 0.6) is 5.75 Å². The van der Waals surface area contributed by atoms with Gasteiger partial charge in [-0.3, -0.25) is 0 Å². The normalized spacial score (nSPS) is 11.4. The Morgan fingerprint density at radius 2 is 2.06 bits per heavy atom. The van der Waals surface area contributed by atoms with Gasteiger partial charge in [-0.15, -0.1) is 0 Å². The molecule has 0 spiro atoms. The van der Waals surface area contributed by atoms with Crippen molar-refractivity contribution in [1.82, 2.24) is 0 Å². The second-order valence-corrected chi connectivity index (χ2v) is 5.51. The largest absolute Gasteiger partial charge is 0.494 e. The second kappa shape index (κ2) is 5.32. The van der Waals surface area contributed by atoms with Crippen LogP contribution in [0.2, 0.25) is 0 Å². The number of aliphatic hydroxyl groups is 1. The van der Waals surface area contributed by atoms with Crippen molar-refractivity contribution in [3.05, 3.63) is 23.8 Å². The van der Waals surface area contributed by atoms with Crippen LogP contribution in [-0.2, 0) is 9.84 Å². The van der Waals surface area contributed by atoms with Crippen LogP contribution in [0.3, 0.4) is 0 Å². The molecule has 1 aromatic rings. The molecule has 0 amide bonds. The van der Waals surface area contributed by atoms with Gasteiger partial charge in [0.2, 0.25) is 0 Å². The van der Waals surface area contributed by atoms with Gasteiger partial charge >= 0.3 is 0 Å². The molecule has 5 heteroatoms. The fraction of sp³-hybridized carbons (Fsp3) is 0.455.